The van der Waals surface area contributed by atoms with E-state index in [0.717, 1.165) is 23.8 Å². The average molecular weight is 370 g/mol. The van der Waals surface area contributed by atoms with Crippen LogP contribution in [0.25, 0.3) is 11.0 Å². The zero-order valence-electron chi connectivity index (χ0n) is 15.0. The topological polar surface area (TPSA) is 65.7 Å². The molecule has 6 heteroatoms. The molecule has 0 saturated carbocycles. The van der Waals surface area contributed by atoms with Gasteiger partial charge in [-0.25, -0.2) is 14.0 Å². The van der Waals surface area contributed by atoms with Crippen molar-refractivity contribution < 1.29 is 23.1 Å². The van der Waals surface area contributed by atoms with Gasteiger partial charge in [0.2, 0.25) is 0 Å². The summed E-state index contributed by atoms with van der Waals surface area (Å²) in [5, 5.41) is 0.812. The van der Waals surface area contributed by atoms with Crippen molar-refractivity contribution in [1.29, 1.82) is 0 Å². The van der Waals surface area contributed by atoms with Crippen molar-refractivity contribution in [1.82, 2.24) is 0 Å². The van der Waals surface area contributed by atoms with E-state index >= 15 is 0 Å². The molecule has 0 aliphatic carbocycles. The number of fused-ring (bicyclic) bond motifs is 1. The molecule has 0 radical (unpaired) electrons. The molecule has 0 aliphatic heterocycles. The molecule has 0 N–H and O–H groups in total. The van der Waals surface area contributed by atoms with Crippen LogP contribution in [-0.4, -0.2) is 12.1 Å². The van der Waals surface area contributed by atoms with E-state index in [1.54, 1.807) is 12.1 Å². The molecule has 0 saturated heterocycles. The minimum absolute atomic E-state index is 0.249. The maximum atomic E-state index is 12.9. The largest absolute Gasteiger partial charge is 0.479 e. The Bertz CT molecular complexity index is 1010. The molecular weight excluding hydrogens is 351 g/mol. The van der Waals surface area contributed by atoms with Crippen LogP contribution in [0.15, 0.2) is 57.7 Å². The number of rotatable bonds is 6. The standard InChI is InChI=1S/C21H19FO5/c1-3-4-14-11-20(23)27-19-12-17(9-10-18(14)19)26-21(24)13(2)25-16-7-5-15(22)6-8-16/h5-13H,3-4H2,1-2H3. The number of benzene rings is 2. The first-order valence-corrected chi connectivity index (χ1v) is 8.67. The van der Waals surface area contributed by atoms with E-state index in [9.17, 15) is 14.0 Å². The summed E-state index contributed by atoms with van der Waals surface area (Å²) in [5.41, 5.74) is 0.820. The van der Waals surface area contributed by atoms with Gasteiger partial charge in [0.15, 0.2) is 6.10 Å². The lowest BCUT2D eigenvalue weighted by Crippen LogP contribution is -2.28. The Hall–Kier alpha value is -3.15. The van der Waals surface area contributed by atoms with Crippen LogP contribution in [0.1, 0.15) is 25.8 Å². The maximum Gasteiger partial charge on any atom is 0.352 e. The van der Waals surface area contributed by atoms with E-state index in [4.69, 9.17) is 13.9 Å². The smallest absolute Gasteiger partial charge is 0.352 e. The Kier molecular flexibility index (Phi) is 5.54. The molecule has 0 amide bonds. The van der Waals surface area contributed by atoms with Gasteiger partial charge in [-0.1, -0.05) is 13.3 Å². The quantitative estimate of drug-likeness (QED) is 0.369. The second-order valence-electron chi connectivity index (χ2n) is 6.13. The van der Waals surface area contributed by atoms with Crippen molar-refractivity contribution in [3.05, 3.63) is 70.3 Å². The highest BCUT2D eigenvalue weighted by molar-refractivity contribution is 5.83. The van der Waals surface area contributed by atoms with Gasteiger partial charge in [0.1, 0.15) is 22.9 Å². The van der Waals surface area contributed by atoms with Gasteiger partial charge in [-0.2, -0.15) is 0 Å². The zero-order chi connectivity index (χ0) is 19.4. The lowest BCUT2D eigenvalue weighted by atomic mass is 10.1. The fraction of sp³-hybridized carbons (Fsp3) is 0.238. The van der Waals surface area contributed by atoms with Crippen molar-refractivity contribution in [2.45, 2.75) is 32.8 Å². The highest BCUT2D eigenvalue weighted by Gasteiger charge is 2.18. The van der Waals surface area contributed by atoms with Crippen LogP contribution in [0.5, 0.6) is 11.5 Å². The molecule has 3 aromatic rings. The number of hydrogen-bond donors (Lipinski definition) is 0. The van der Waals surface area contributed by atoms with Crippen molar-refractivity contribution in [3.63, 3.8) is 0 Å². The fourth-order valence-corrected chi connectivity index (χ4v) is 2.71. The van der Waals surface area contributed by atoms with Crippen LogP contribution >= 0.6 is 0 Å². The van der Waals surface area contributed by atoms with Crippen molar-refractivity contribution in [2.24, 2.45) is 0 Å². The maximum absolute atomic E-state index is 12.9. The Labute approximate surface area is 155 Å². The third-order valence-electron chi connectivity index (χ3n) is 4.00. The number of aryl methyl sites for hydroxylation is 1. The van der Waals surface area contributed by atoms with Crippen LogP contribution in [0.3, 0.4) is 0 Å². The third kappa shape index (κ3) is 4.53. The number of esters is 1. The lowest BCUT2D eigenvalue weighted by Gasteiger charge is -2.14. The lowest BCUT2D eigenvalue weighted by molar-refractivity contribution is -0.141. The monoisotopic (exact) mass is 370 g/mol. The third-order valence-corrected chi connectivity index (χ3v) is 4.00. The van der Waals surface area contributed by atoms with Crippen LogP contribution in [0.2, 0.25) is 0 Å². The molecule has 1 atom stereocenters. The van der Waals surface area contributed by atoms with E-state index in [1.807, 2.05) is 6.92 Å². The van der Waals surface area contributed by atoms with E-state index < -0.39 is 23.5 Å². The molecule has 0 aliphatic rings. The molecule has 3 rings (SSSR count). The molecule has 0 spiro atoms. The van der Waals surface area contributed by atoms with Gasteiger partial charge in [-0.05, 0) is 55.3 Å². The normalized spacial score (nSPS) is 12.0. The van der Waals surface area contributed by atoms with E-state index in [2.05, 4.69) is 0 Å². The van der Waals surface area contributed by atoms with Gasteiger partial charge in [-0.15, -0.1) is 0 Å². The van der Waals surface area contributed by atoms with Gasteiger partial charge < -0.3 is 13.9 Å². The summed E-state index contributed by atoms with van der Waals surface area (Å²) in [5.74, 6) is -0.406. The van der Waals surface area contributed by atoms with Gasteiger partial charge in [-0.3, -0.25) is 0 Å². The molecule has 0 fully saturated rings. The average Bonchev–Trinajstić information content (AvgIpc) is 2.63. The summed E-state index contributed by atoms with van der Waals surface area (Å²) < 4.78 is 28.9. The molecule has 1 unspecified atom stereocenters. The number of halogens is 1. The summed E-state index contributed by atoms with van der Waals surface area (Å²) in [6.07, 6.45) is 0.752. The van der Waals surface area contributed by atoms with Crippen LogP contribution in [0.4, 0.5) is 4.39 Å². The van der Waals surface area contributed by atoms with Crippen molar-refractivity contribution >= 4 is 16.9 Å². The second-order valence-corrected chi connectivity index (χ2v) is 6.13. The summed E-state index contributed by atoms with van der Waals surface area (Å²) in [7, 11) is 0. The summed E-state index contributed by atoms with van der Waals surface area (Å²) in [6.45, 7) is 3.56. The van der Waals surface area contributed by atoms with E-state index in [-0.39, 0.29) is 5.75 Å². The molecule has 140 valence electrons. The fourth-order valence-electron chi connectivity index (χ4n) is 2.71. The van der Waals surface area contributed by atoms with Crippen molar-refractivity contribution in [2.75, 3.05) is 0 Å². The van der Waals surface area contributed by atoms with Gasteiger partial charge >= 0.3 is 11.6 Å². The summed E-state index contributed by atoms with van der Waals surface area (Å²) in [6, 6.07) is 11.7. The van der Waals surface area contributed by atoms with Gasteiger partial charge in [0, 0.05) is 17.5 Å². The summed E-state index contributed by atoms with van der Waals surface area (Å²) >= 11 is 0. The molecule has 27 heavy (non-hydrogen) atoms. The van der Waals surface area contributed by atoms with Crippen LogP contribution < -0.4 is 15.1 Å². The Morgan fingerprint density at radius 3 is 2.52 bits per heavy atom. The van der Waals surface area contributed by atoms with Crippen LogP contribution in [0, 0.1) is 5.82 Å². The molecule has 5 nitrogen and oxygen atoms in total. The number of ether oxygens (including phenoxy) is 2. The predicted molar refractivity (Wildman–Crippen MR) is 98.6 cm³/mol. The summed E-state index contributed by atoms with van der Waals surface area (Å²) in [4.78, 5) is 24.0. The Balaban J connectivity index is 1.76. The van der Waals surface area contributed by atoms with E-state index in [0.29, 0.717) is 11.3 Å². The Morgan fingerprint density at radius 1 is 1.11 bits per heavy atom. The van der Waals surface area contributed by atoms with Gasteiger partial charge in [0.25, 0.3) is 0 Å². The number of hydrogen-bond acceptors (Lipinski definition) is 5. The van der Waals surface area contributed by atoms with Crippen LogP contribution in [-0.2, 0) is 11.2 Å². The minimum Gasteiger partial charge on any atom is -0.479 e. The van der Waals surface area contributed by atoms with Gasteiger partial charge in [0.05, 0.1) is 0 Å². The highest BCUT2D eigenvalue weighted by Crippen LogP contribution is 2.24. The second kappa shape index (κ2) is 8.03. The number of carbonyl (C=O) groups excluding carboxylic acids is 1. The predicted octanol–water partition coefficient (Wildman–Crippen LogP) is 4.26. The SMILES string of the molecule is CCCc1cc(=O)oc2cc(OC(=O)C(C)Oc3ccc(F)cc3)ccc12. The Morgan fingerprint density at radius 2 is 1.81 bits per heavy atom. The van der Waals surface area contributed by atoms with E-state index in [1.165, 1.54) is 43.3 Å². The molecule has 1 aromatic heterocycles. The first kappa shape index (κ1) is 18.6. The molecule has 2 aromatic carbocycles. The zero-order valence-corrected chi connectivity index (χ0v) is 15.0. The molecular formula is C21H19FO5. The molecule has 0 bridgehead atoms. The first-order valence-electron chi connectivity index (χ1n) is 8.67. The number of carbonyl (C=O) groups is 1. The molecule has 1 heterocycles. The highest BCUT2D eigenvalue weighted by atomic mass is 19.1. The first-order chi connectivity index (χ1) is 13.0. The minimum atomic E-state index is -0.899. The van der Waals surface area contributed by atoms with Crippen molar-refractivity contribution in [3.8, 4) is 11.5 Å².